The van der Waals surface area contributed by atoms with Gasteiger partial charge < -0.3 is 15.3 Å². The highest BCUT2D eigenvalue weighted by Gasteiger charge is 2.63. The molecule has 0 amide bonds. The van der Waals surface area contributed by atoms with Crippen LogP contribution in [0.25, 0.3) is 0 Å². The van der Waals surface area contributed by atoms with E-state index in [-0.39, 0.29) is 52.8 Å². The molecule has 0 heterocycles. The molecule has 192 valence electrons. The fourth-order valence-electron chi connectivity index (χ4n) is 8.95. The zero-order valence-electron chi connectivity index (χ0n) is 22.7. The van der Waals surface area contributed by atoms with Crippen molar-refractivity contribution in [2.75, 3.05) is 13.2 Å². The van der Waals surface area contributed by atoms with Gasteiger partial charge in [-0.05, 0) is 108 Å². The molecule has 3 nitrogen and oxygen atoms in total. The highest BCUT2D eigenvalue weighted by atomic mass is 16.3. The summed E-state index contributed by atoms with van der Waals surface area (Å²) in [6.07, 6.45) is 13.2. The van der Waals surface area contributed by atoms with Gasteiger partial charge in [-0.1, -0.05) is 65.8 Å². The Labute approximate surface area is 208 Å². The lowest BCUT2D eigenvalue weighted by Gasteiger charge is -2.61. The maximum atomic E-state index is 10.8. The summed E-state index contributed by atoms with van der Waals surface area (Å²) in [7, 11) is 0. The van der Waals surface area contributed by atoms with Crippen LogP contribution in [0.4, 0.5) is 0 Å². The summed E-state index contributed by atoms with van der Waals surface area (Å²) >= 11 is 0. The van der Waals surface area contributed by atoms with Crippen LogP contribution in [0.5, 0.6) is 0 Å². The van der Waals surface area contributed by atoms with E-state index in [9.17, 15) is 15.3 Å². The first kappa shape index (κ1) is 26.2. The molecule has 0 aromatic heterocycles. The summed E-state index contributed by atoms with van der Waals surface area (Å²) in [5.41, 5.74) is 4.63. The molecule has 3 heteroatoms. The maximum absolute atomic E-state index is 10.8. The van der Waals surface area contributed by atoms with Crippen molar-refractivity contribution in [1.29, 1.82) is 0 Å². The Hall–Kier alpha value is -0.900. The number of rotatable bonds is 7. The predicted octanol–water partition coefficient (Wildman–Crippen LogP) is 6.45. The zero-order valence-corrected chi connectivity index (χ0v) is 22.7. The fourth-order valence-corrected chi connectivity index (χ4v) is 8.95. The fraction of sp³-hybridized carbons (Fsp3) is 0.806. The van der Waals surface area contributed by atoms with Gasteiger partial charge in [0.25, 0.3) is 0 Å². The lowest BCUT2D eigenvalue weighted by Crippen LogP contribution is -2.54. The molecular weight excluding hydrogens is 420 g/mol. The minimum atomic E-state index is -0.213. The van der Waals surface area contributed by atoms with Crippen molar-refractivity contribution in [3.8, 4) is 0 Å². The van der Waals surface area contributed by atoms with Gasteiger partial charge in [0.15, 0.2) is 0 Å². The lowest BCUT2D eigenvalue weighted by molar-refractivity contribution is -0.0852. The predicted molar refractivity (Wildman–Crippen MR) is 140 cm³/mol. The molecule has 1 unspecified atom stereocenters. The summed E-state index contributed by atoms with van der Waals surface area (Å²) in [4.78, 5) is 0. The van der Waals surface area contributed by atoms with E-state index in [1.54, 1.807) is 11.1 Å². The topological polar surface area (TPSA) is 60.7 Å². The summed E-state index contributed by atoms with van der Waals surface area (Å²) in [5, 5.41) is 30.8. The quantitative estimate of drug-likeness (QED) is 0.375. The second-order valence-corrected chi connectivity index (χ2v) is 13.6. The Morgan fingerprint density at radius 1 is 1.03 bits per heavy atom. The Kier molecular flexibility index (Phi) is 6.84. The lowest BCUT2D eigenvalue weighted by atomic mass is 9.44. The number of aliphatic hydroxyl groups excluding tert-OH is 3. The molecular formula is C31H50O3. The Morgan fingerprint density at radius 2 is 1.74 bits per heavy atom. The molecule has 8 atom stereocenters. The van der Waals surface area contributed by atoms with Gasteiger partial charge in [-0.3, -0.25) is 0 Å². The molecule has 3 N–H and O–H groups in total. The van der Waals surface area contributed by atoms with Gasteiger partial charge in [0.1, 0.15) is 0 Å². The second-order valence-electron chi connectivity index (χ2n) is 13.6. The van der Waals surface area contributed by atoms with E-state index in [2.05, 4.69) is 53.3 Å². The third kappa shape index (κ3) is 3.63. The van der Waals surface area contributed by atoms with Gasteiger partial charge in [0.2, 0.25) is 0 Å². The van der Waals surface area contributed by atoms with Crippen LogP contribution in [0.1, 0.15) is 92.9 Å². The van der Waals surface area contributed by atoms with Crippen LogP contribution in [-0.2, 0) is 0 Å². The van der Waals surface area contributed by atoms with Crippen LogP contribution in [0.2, 0.25) is 0 Å². The van der Waals surface area contributed by atoms with Crippen molar-refractivity contribution in [3.05, 3.63) is 35.5 Å². The second kappa shape index (κ2) is 8.89. The number of aliphatic hydroxyl groups is 3. The van der Waals surface area contributed by atoms with E-state index in [1.807, 2.05) is 6.92 Å². The highest BCUT2D eigenvalue weighted by molar-refractivity contribution is 5.49. The van der Waals surface area contributed by atoms with Crippen LogP contribution < -0.4 is 0 Å². The smallest absolute Gasteiger partial charge is 0.0594 e. The average molecular weight is 471 g/mol. The van der Waals surface area contributed by atoms with Crippen molar-refractivity contribution >= 4 is 0 Å². The molecule has 2 saturated carbocycles. The summed E-state index contributed by atoms with van der Waals surface area (Å²) in [6, 6.07) is 0. The van der Waals surface area contributed by atoms with Gasteiger partial charge in [-0.15, -0.1) is 0 Å². The van der Waals surface area contributed by atoms with E-state index in [1.165, 1.54) is 12.8 Å². The van der Waals surface area contributed by atoms with Crippen LogP contribution in [0.15, 0.2) is 35.5 Å². The molecule has 2 fully saturated rings. The first-order valence-corrected chi connectivity index (χ1v) is 13.9. The third-order valence-electron chi connectivity index (χ3n) is 11.9. The molecule has 4 aliphatic rings. The molecule has 0 aromatic rings. The molecule has 0 spiro atoms. The Morgan fingerprint density at radius 3 is 2.38 bits per heavy atom. The van der Waals surface area contributed by atoms with Gasteiger partial charge in [-0.25, -0.2) is 0 Å². The Balaban J connectivity index is 1.63. The number of hydrogen-bond acceptors (Lipinski definition) is 3. The molecule has 0 radical (unpaired) electrons. The largest absolute Gasteiger partial charge is 0.396 e. The monoisotopic (exact) mass is 470 g/mol. The van der Waals surface area contributed by atoms with Crippen LogP contribution in [0.3, 0.4) is 0 Å². The van der Waals surface area contributed by atoms with Crippen molar-refractivity contribution < 1.29 is 15.3 Å². The van der Waals surface area contributed by atoms with Gasteiger partial charge in [0, 0.05) is 13.2 Å². The van der Waals surface area contributed by atoms with Gasteiger partial charge >= 0.3 is 0 Å². The summed E-state index contributed by atoms with van der Waals surface area (Å²) < 4.78 is 0. The zero-order chi connectivity index (χ0) is 25.1. The van der Waals surface area contributed by atoms with E-state index < -0.39 is 0 Å². The molecule has 0 saturated heterocycles. The van der Waals surface area contributed by atoms with Crippen molar-refractivity contribution in [1.82, 2.24) is 0 Å². The van der Waals surface area contributed by atoms with Crippen molar-refractivity contribution in [3.63, 3.8) is 0 Å². The third-order valence-corrected chi connectivity index (χ3v) is 11.9. The maximum Gasteiger partial charge on any atom is 0.0594 e. The number of allylic oxidation sites excluding steroid dienone is 4. The van der Waals surface area contributed by atoms with Gasteiger partial charge in [-0.2, -0.15) is 0 Å². The van der Waals surface area contributed by atoms with Crippen molar-refractivity contribution in [2.24, 2.45) is 45.3 Å². The molecule has 4 rings (SSSR count). The van der Waals surface area contributed by atoms with Crippen LogP contribution in [-0.4, -0.2) is 34.6 Å². The summed E-state index contributed by atoms with van der Waals surface area (Å²) in [5.74, 6) is 1.38. The average Bonchev–Trinajstić information content (AvgIpc) is 3.08. The number of hydrogen-bond donors (Lipinski definition) is 3. The van der Waals surface area contributed by atoms with Gasteiger partial charge in [0.05, 0.1) is 6.10 Å². The minimum absolute atomic E-state index is 0.0637. The van der Waals surface area contributed by atoms with Crippen molar-refractivity contribution in [2.45, 2.75) is 99.0 Å². The first-order chi connectivity index (χ1) is 15.9. The SMILES string of the molecule is C=C(CC[C@@H](CO)[C@H]1CC[C@@]2(C)C3=CC[C@H]4C(C)(C)[C@@H](O)CC[C@]4(C)C3=CC[C@]12C)C(C)CO. The van der Waals surface area contributed by atoms with E-state index in [0.29, 0.717) is 11.8 Å². The molecule has 0 aliphatic heterocycles. The summed E-state index contributed by atoms with van der Waals surface area (Å²) in [6.45, 7) is 18.7. The minimum Gasteiger partial charge on any atom is -0.396 e. The molecule has 34 heavy (non-hydrogen) atoms. The normalized spacial score (nSPS) is 42.6. The van der Waals surface area contributed by atoms with Crippen LogP contribution >= 0.6 is 0 Å². The first-order valence-electron chi connectivity index (χ1n) is 13.9. The van der Waals surface area contributed by atoms with E-state index >= 15 is 0 Å². The molecule has 4 aliphatic carbocycles. The van der Waals surface area contributed by atoms with E-state index in [0.717, 1.165) is 44.1 Å². The molecule has 0 aromatic carbocycles. The Bertz CT molecular complexity index is 868. The highest BCUT2D eigenvalue weighted by Crippen LogP contribution is 2.71. The molecule has 0 bridgehead atoms. The standard InChI is InChI=1S/C31H50O3/c1-20(21(2)18-32)8-9-22(19-33)23-12-16-31(7)25-10-11-26-28(3,4)27(34)14-15-29(26,5)24(25)13-17-30(23,31)6/h10,13,21-23,26-27,32-34H,1,8-9,11-12,14-19H2,2-7H3/t21?,22-,23+,26-,27-,29+,30+,31-/m0/s1. The van der Waals surface area contributed by atoms with Crippen LogP contribution in [0, 0.1) is 45.3 Å². The van der Waals surface area contributed by atoms with E-state index in [4.69, 9.17) is 0 Å². The number of fused-ring (bicyclic) bond motifs is 5.